The van der Waals surface area contributed by atoms with Crippen molar-refractivity contribution in [1.82, 2.24) is 10.6 Å². The van der Waals surface area contributed by atoms with Gasteiger partial charge in [-0.3, -0.25) is 10.1 Å². The highest BCUT2D eigenvalue weighted by Crippen LogP contribution is 2.22. The number of rotatable bonds is 5. The molecule has 3 amide bonds. The van der Waals surface area contributed by atoms with E-state index in [9.17, 15) is 18.8 Å². The summed E-state index contributed by atoms with van der Waals surface area (Å²) < 4.78 is 19.4. The molecule has 7 nitrogen and oxygen atoms in total. The average Bonchev–Trinajstić information content (AvgIpc) is 2.65. The SMILES string of the molecule is CNC(=O)NC(=O)[C@@H](OC(=O)c1ccc(N(C)C)c(F)c1)c1ccccc1. The molecule has 0 aliphatic carbocycles. The van der Waals surface area contributed by atoms with Gasteiger partial charge >= 0.3 is 12.0 Å². The maximum absolute atomic E-state index is 14.1. The van der Waals surface area contributed by atoms with Crippen molar-refractivity contribution in [1.29, 1.82) is 0 Å². The van der Waals surface area contributed by atoms with E-state index in [2.05, 4.69) is 10.6 Å². The first-order chi connectivity index (χ1) is 12.8. The molecular formula is C19H20FN3O4. The molecule has 0 radical (unpaired) electrons. The number of halogens is 1. The molecule has 0 aliphatic rings. The van der Waals surface area contributed by atoms with Gasteiger partial charge in [-0.05, 0) is 18.2 Å². The lowest BCUT2D eigenvalue weighted by atomic mass is 10.1. The third-order valence-electron chi connectivity index (χ3n) is 3.69. The van der Waals surface area contributed by atoms with Gasteiger partial charge in [-0.2, -0.15) is 0 Å². The Kier molecular flexibility index (Phi) is 6.48. The number of benzene rings is 2. The number of amides is 3. The minimum absolute atomic E-state index is 0.0493. The summed E-state index contributed by atoms with van der Waals surface area (Å²) in [6.45, 7) is 0. The molecule has 0 saturated heterocycles. The van der Waals surface area contributed by atoms with Crippen LogP contribution in [0.15, 0.2) is 48.5 Å². The predicted octanol–water partition coefficient (Wildman–Crippen LogP) is 2.25. The number of ether oxygens (including phenoxy) is 1. The number of hydrogen-bond acceptors (Lipinski definition) is 5. The van der Waals surface area contributed by atoms with E-state index in [-0.39, 0.29) is 5.56 Å². The second-order valence-electron chi connectivity index (χ2n) is 5.83. The number of nitrogens with zero attached hydrogens (tertiary/aromatic N) is 1. The molecule has 1 atom stereocenters. The van der Waals surface area contributed by atoms with Gasteiger partial charge in [0.05, 0.1) is 11.3 Å². The number of anilines is 1. The van der Waals surface area contributed by atoms with E-state index in [0.717, 1.165) is 6.07 Å². The lowest BCUT2D eigenvalue weighted by molar-refractivity contribution is -0.129. The molecule has 0 heterocycles. The summed E-state index contributed by atoms with van der Waals surface area (Å²) in [6, 6.07) is 11.4. The lowest BCUT2D eigenvalue weighted by Crippen LogP contribution is -2.41. The second-order valence-corrected chi connectivity index (χ2v) is 5.83. The van der Waals surface area contributed by atoms with E-state index in [1.807, 2.05) is 0 Å². The Hall–Kier alpha value is -3.42. The first-order valence-corrected chi connectivity index (χ1v) is 8.09. The molecule has 0 bridgehead atoms. The maximum atomic E-state index is 14.1. The number of urea groups is 1. The van der Waals surface area contributed by atoms with Crippen LogP contribution in [-0.2, 0) is 9.53 Å². The molecule has 2 N–H and O–H groups in total. The van der Waals surface area contributed by atoms with Crippen LogP contribution in [-0.4, -0.2) is 39.1 Å². The van der Waals surface area contributed by atoms with Crippen molar-refractivity contribution in [3.63, 3.8) is 0 Å². The number of nitrogens with one attached hydrogen (secondary N) is 2. The first-order valence-electron chi connectivity index (χ1n) is 8.09. The molecule has 0 spiro atoms. The van der Waals surface area contributed by atoms with Crippen LogP contribution in [0.25, 0.3) is 0 Å². The highest BCUT2D eigenvalue weighted by molar-refractivity contribution is 5.99. The minimum atomic E-state index is -1.37. The van der Waals surface area contributed by atoms with E-state index in [4.69, 9.17) is 4.74 Å². The zero-order valence-corrected chi connectivity index (χ0v) is 15.2. The maximum Gasteiger partial charge on any atom is 0.339 e. The van der Waals surface area contributed by atoms with Gasteiger partial charge < -0.3 is 15.0 Å². The van der Waals surface area contributed by atoms with Gasteiger partial charge in [0.15, 0.2) is 0 Å². The zero-order valence-electron chi connectivity index (χ0n) is 15.2. The molecule has 2 aromatic carbocycles. The number of carbonyl (C=O) groups is 3. The Morgan fingerprint density at radius 1 is 1.07 bits per heavy atom. The van der Waals surface area contributed by atoms with Crippen LogP contribution in [0.1, 0.15) is 22.0 Å². The third-order valence-corrected chi connectivity index (χ3v) is 3.69. The molecule has 0 saturated carbocycles. The van der Waals surface area contributed by atoms with Crippen LogP contribution in [0.5, 0.6) is 0 Å². The lowest BCUT2D eigenvalue weighted by Gasteiger charge is -2.18. The van der Waals surface area contributed by atoms with Crippen molar-refractivity contribution in [2.45, 2.75) is 6.10 Å². The average molecular weight is 373 g/mol. The van der Waals surface area contributed by atoms with Crippen molar-refractivity contribution in [3.8, 4) is 0 Å². The van der Waals surface area contributed by atoms with Crippen LogP contribution in [0.3, 0.4) is 0 Å². The van der Waals surface area contributed by atoms with Gasteiger partial charge in [-0.1, -0.05) is 30.3 Å². The van der Waals surface area contributed by atoms with Crippen molar-refractivity contribution >= 4 is 23.6 Å². The highest BCUT2D eigenvalue weighted by Gasteiger charge is 2.27. The fraction of sp³-hybridized carbons (Fsp3) is 0.211. The number of imide groups is 1. The fourth-order valence-corrected chi connectivity index (χ4v) is 2.31. The van der Waals surface area contributed by atoms with E-state index < -0.39 is 29.8 Å². The Morgan fingerprint density at radius 2 is 1.74 bits per heavy atom. The van der Waals surface area contributed by atoms with Crippen LogP contribution >= 0.6 is 0 Å². The summed E-state index contributed by atoms with van der Waals surface area (Å²) in [7, 11) is 4.69. The van der Waals surface area contributed by atoms with Crippen molar-refractivity contribution in [3.05, 3.63) is 65.5 Å². The van der Waals surface area contributed by atoms with Crippen LogP contribution in [0, 0.1) is 5.82 Å². The zero-order chi connectivity index (χ0) is 20.0. The normalized spacial score (nSPS) is 11.3. The topological polar surface area (TPSA) is 87.7 Å². The van der Waals surface area contributed by atoms with Crippen LogP contribution in [0.2, 0.25) is 0 Å². The Balaban J connectivity index is 2.26. The molecule has 0 fully saturated rings. The number of hydrogen-bond donors (Lipinski definition) is 2. The summed E-state index contributed by atoms with van der Waals surface area (Å²) in [5.41, 5.74) is 0.632. The van der Waals surface area contributed by atoms with Gasteiger partial charge in [0.1, 0.15) is 5.82 Å². The van der Waals surface area contributed by atoms with E-state index >= 15 is 0 Å². The van der Waals surface area contributed by atoms with Gasteiger partial charge in [0, 0.05) is 26.7 Å². The summed E-state index contributed by atoms with van der Waals surface area (Å²) in [6.07, 6.45) is -1.37. The smallest absolute Gasteiger partial charge is 0.339 e. The molecule has 0 aliphatic heterocycles. The molecule has 0 aromatic heterocycles. The second kappa shape index (κ2) is 8.79. The Morgan fingerprint density at radius 3 is 2.30 bits per heavy atom. The summed E-state index contributed by atoms with van der Waals surface area (Å²) >= 11 is 0. The van der Waals surface area contributed by atoms with Crippen LogP contribution < -0.4 is 15.5 Å². The standard InChI is InChI=1S/C19H20FN3O4/c1-21-19(26)22-17(24)16(12-7-5-4-6-8-12)27-18(25)13-9-10-15(23(2)3)14(20)11-13/h4-11,16H,1-3H3,(H2,21,22,24,26)/t16-/m0/s1. The van der Waals surface area contributed by atoms with Crippen molar-refractivity contribution < 1.29 is 23.5 Å². The molecule has 2 aromatic rings. The Bertz CT molecular complexity index is 840. The first kappa shape index (κ1) is 19.9. The molecule has 142 valence electrons. The monoisotopic (exact) mass is 373 g/mol. The largest absolute Gasteiger partial charge is 0.444 e. The molecular weight excluding hydrogens is 353 g/mol. The Labute approximate surface area is 156 Å². The van der Waals surface area contributed by atoms with E-state index in [1.54, 1.807) is 49.3 Å². The van der Waals surface area contributed by atoms with E-state index in [1.165, 1.54) is 19.2 Å². The predicted molar refractivity (Wildman–Crippen MR) is 97.9 cm³/mol. The summed E-state index contributed by atoms with van der Waals surface area (Å²) in [4.78, 5) is 37.8. The fourth-order valence-electron chi connectivity index (χ4n) is 2.31. The number of carbonyl (C=O) groups excluding carboxylic acids is 3. The molecule has 2 rings (SSSR count). The summed E-state index contributed by atoms with van der Waals surface area (Å²) in [5.74, 6) is -2.31. The van der Waals surface area contributed by atoms with Gasteiger partial charge in [-0.25, -0.2) is 14.0 Å². The summed E-state index contributed by atoms with van der Waals surface area (Å²) in [5, 5.41) is 4.32. The quantitative estimate of drug-likeness (QED) is 0.785. The molecule has 27 heavy (non-hydrogen) atoms. The van der Waals surface area contributed by atoms with Crippen molar-refractivity contribution in [2.24, 2.45) is 0 Å². The number of esters is 1. The van der Waals surface area contributed by atoms with Gasteiger partial charge in [0.2, 0.25) is 6.10 Å². The molecule has 0 unspecified atom stereocenters. The van der Waals surface area contributed by atoms with Gasteiger partial charge in [-0.15, -0.1) is 0 Å². The highest BCUT2D eigenvalue weighted by atomic mass is 19.1. The third kappa shape index (κ3) is 5.04. The van der Waals surface area contributed by atoms with Crippen LogP contribution in [0.4, 0.5) is 14.9 Å². The van der Waals surface area contributed by atoms with Crippen molar-refractivity contribution in [2.75, 3.05) is 26.0 Å². The van der Waals surface area contributed by atoms with Gasteiger partial charge in [0.25, 0.3) is 5.91 Å². The minimum Gasteiger partial charge on any atom is -0.444 e. The van der Waals surface area contributed by atoms with E-state index in [0.29, 0.717) is 11.3 Å². The molecule has 8 heteroatoms.